The van der Waals surface area contributed by atoms with E-state index in [0.29, 0.717) is 0 Å². The lowest BCUT2D eigenvalue weighted by molar-refractivity contribution is 1.28. The van der Waals surface area contributed by atoms with E-state index in [4.69, 9.17) is 0 Å². The zero-order chi connectivity index (χ0) is 33.0. The Hall–Kier alpha value is -6.22. The van der Waals surface area contributed by atoms with Crippen LogP contribution in [0, 0.1) is 0 Å². The van der Waals surface area contributed by atoms with Crippen LogP contribution < -0.4 is 4.90 Å². The Morgan fingerprint density at radius 3 is 1.68 bits per heavy atom. The van der Waals surface area contributed by atoms with Crippen molar-refractivity contribution in [3.63, 3.8) is 0 Å². The van der Waals surface area contributed by atoms with Crippen molar-refractivity contribution in [1.29, 1.82) is 0 Å². The average molecular weight is 654 g/mol. The van der Waals surface area contributed by atoms with Crippen LogP contribution in [0.25, 0.3) is 74.7 Å². The van der Waals surface area contributed by atoms with E-state index in [2.05, 4.69) is 193 Å². The van der Waals surface area contributed by atoms with Crippen LogP contribution >= 0.6 is 11.3 Å². The van der Waals surface area contributed by atoms with Gasteiger partial charge in [-0.2, -0.15) is 0 Å². The maximum Gasteiger partial charge on any atom is 0.0462 e. The lowest BCUT2D eigenvalue weighted by Gasteiger charge is -2.26. The highest BCUT2D eigenvalue weighted by Crippen LogP contribution is 2.43. The smallest absolute Gasteiger partial charge is 0.0462 e. The summed E-state index contributed by atoms with van der Waals surface area (Å²) in [5.74, 6) is 0. The molecule has 1 nitrogen and oxygen atoms in total. The van der Waals surface area contributed by atoms with Crippen molar-refractivity contribution in [2.45, 2.75) is 0 Å². The van der Waals surface area contributed by atoms with E-state index in [1.165, 1.54) is 74.7 Å². The number of thiophene rings is 1. The van der Waals surface area contributed by atoms with E-state index >= 15 is 0 Å². The van der Waals surface area contributed by atoms with Crippen molar-refractivity contribution in [2.24, 2.45) is 0 Å². The molecule has 0 aliphatic rings. The Kier molecular flexibility index (Phi) is 6.75. The van der Waals surface area contributed by atoms with Gasteiger partial charge < -0.3 is 4.90 Å². The Morgan fingerprint density at radius 2 is 0.920 bits per heavy atom. The highest BCUT2D eigenvalue weighted by Gasteiger charge is 2.16. The molecule has 0 saturated carbocycles. The predicted octanol–water partition coefficient (Wildman–Crippen LogP) is 14.3. The number of nitrogens with zero attached hydrogens (tertiary/aromatic N) is 1. The molecule has 10 aromatic rings. The second-order valence-corrected chi connectivity index (χ2v) is 14.0. The summed E-state index contributed by atoms with van der Waals surface area (Å²) in [7, 11) is 0. The van der Waals surface area contributed by atoms with Gasteiger partial charge in [0.25, 0.3) is 0 Å². The number of hydrogen-bond donors (Lipinski definition) is 0. The van der Waals surface area contributed by atoms with Crippen molar-refractivity contribution in [2.75, 3.05) is 4.90 Å². The van der Waals surface area contributed by atoms with Crippen LogP contribution in [-0.4, -0.2) is 0 Å². The summed E-state index contributed by atoms with van der Waals surface area (Å²) in [5, 5.41) is 10.3. The third-order valence-electron chi connectivity index (χ3n) is 10.0. The quantitative estimate of drug-likeness (QED) is 0.167. The third-order valence-corrected chi connectivity index (χ3v) is 11.3. The Balaban J connectivity index is 1.08. The van der Waals surface area contributed by atoms with Crippen LogP contribution in [0.4, 0.5) is 17.1 Å². The molecule has 1 aromatic heterocycles. The van der Waals surface area contributed by atoms with Crippen molar-refractivity contribution in [3.05, 3.63) is 188 Å². The second kappa shape index (κ2) is 11.7. The Labute approximate surface area is 294 Å². The van der Waals surface area contributed by atoms with Gasteiger partial charge >= 0.3 is 0 Å². The summed E-state index contributed by atoms with van der Waals surface area (Å²) in [6.07, 6.45) is 0. The molecule has 0 saturated heterocycles. The lowest BCUT2D eigenvalue weighted by atomic mass is 9.90. The molecule has 234 valence electrons. The molecule has 1 heterocycles. The minimum atomic E-state index is 1.12. The standard InChI is InChI=1S/C48H31NS/c1-2-13-36(14-3-1)49(37-26-21-33(22-27-37)41-18-10-19-44-42-17-8-9-20-46(42)50-48(41)44)38-28-23-34(24-29-38)45-31-35-12-5-6-15-39(35)43-30-25-32-11-4-7-16-40(32)47(43)45/h1-31H. The second-order valence-electron chi connectivity index (χ2n) is 12.9. The molecule has 0 spiro atoms. The summed E-state index contributed by atoms with van der Waals surface area (Å²) < 4.78 is 2.67. The molecular formula is C48H31NS. The molecule has 0 radical (unpaired) electrons. The molecule has 2 heteroatoms. The van der Waals surface area contributed by atoms with Gasteiger partial charge in [0.05, 0.1) is 0 Å². The first-order chi connectivity index (χ1) is 24.8. The molecule has 0 aliphatic carbocycles. The van der Waals surface area contributed by atoms with E-state index in [-0.39, 0.29) is 0 Å². The number of para-hydroxylation sites is 1. The summed E-state index contributed by atoms with van der Waals surface area (Å²) in [6, 6.07) is 68.6. The van der Waals surface area contributed by atoms with Gasteiger partial charge in [-0.15, -0.1) is 11.3 Å². The van der Waals surface area contributed by atoms with Crippen LogP contribution in [0.3, 0.4) is 0 Å². The van der Waals surface area contributed by atoms with Crippen LogP contribution in [0.5, 0.6) is 0 Å². The minimum Gasteiger partial charge on any atom is -0.311 e. The van der Waals surface area contributed by atoms with Gasteiger partial charge in [0.15, 0.2) is 0 Å². The van der Waals surface area contributed by atoms with E-state index in [1.807, 2.05) is 11.3 Å². The Morgan fingerprint density at radius 1 is 0.340 bits per heavy atom. The molecule has 0 aliphatic heterocycles. The minimum absolute atomic E-state index is 1.12. The number of rotatable bonds is 5. The number of benzene rings is 9. The van der Waals surface area contributed by atoms with Crippen LogP contribution in [0.2, 0.25) is 0 Å². The van der Waals surface area contributed by atoms with Gasteiger partial charge in [0.2, 0.25) is 0 Å². The van der Waals surface area contributed by atoms with Crippen molar-refractivity contribution < 1.29 is 0 Å². The van der Waals surface area contributed by atoms with Gasteiger partial charge in [-0.25, -0.2) is 0 Å². The van der Waals surface area contributed by atoms with Gasteiger partial charge in [-0.3, -0.25) is 0 Å². The first-order valence-electron chi connectivity index (χ1n) is 17.1. The predicted molar refractivity (Wildman–Crippen MR) is 217 cm³/mol. The summed E-state index contributed by atoms with van der Waals surface area (Å²) in [6.45, 7) is 0. The summed E-state index contributed by atoms with van der Waals surface area (Å²) >= 11 is 1.88. The molecule has 0 fully saturated rings. The van der Waals surface area contributed by atoms with Crippen molar-refractivity contribution in [3.8, 4) is 22.3 Å². The van der Waals surface area contributed by atoms with Gasteiger partial charge in [-0.1, -0.05) is 140 Å². The molecule has 0 bridgehead atoms. The zero-order valence-electron chi connectivity index (χ0n) is 27.3. The van der Waals surface area contributed by atoms with Gasteiger partial charge in [0, 0.05) is 37.2 Å². The van der Waals surface area contributed by atoms with Crippen LogP contribution in [0.15, 0.2) is 188 Å². The van der Waals surface area contributed by atoms with Crippen molar-refractivity contribution >= 4 is 80.9 Å². The largest absolute Gasteiger partial charge is 0.311 e. The number of fused-ring (bicyclic) bond motifs is 8. The topological polar surface area (TPSA) is 3.24 Å². The monoisotopic (exact) mass is 653 g/mol. The number of hydrogen-bond acceptors (Lipinski definition) is 2. The fourth-order valence-electron chi connectivity index (χ4n) is 7.69. The SMILES string of the molecule is c1ccc(N(c2ccc(-c3cccc4c3sc3ccccc34)cc2)c2ccc(-c3cc4ccccc4c4ccc5ccccc5c34)cc2)cc1. The van der Waals surface area contributed by atoms with E-state index in [1.54, 1.807) is 0 Å². The maximum atomic E-state index is 2.37. The molecule has 0 N–H and O–H groups in total. The highest BCUT2D eigenvalue weighted by atomic mass is 32.1. The Bertz CT molecular complexity index is 2850. The summed E-state index contributed by atoms with van der Waals surface area (Å²) in [5.41, 5.74) is 8.34. The average Bonchev–Trinajstić information content (AvgIpc) is 3.58. The first kappa shape index (κ1) is 28.8. The maximum absolute atomic E-state index is 2.37. The van der Waals surface area contributed by atoms with Crippen LogP contribution in [0.1, 0.15) is 0 Å². The van der Waals surface area contributed by atoms with E-state index < -0.39 is 0 Å². The summed E-state index contributed by atoms with van der Waals surface area (Å²) in [4.78, 5) is 2.35. The molecular weight excluding hydrogens is 623 g/mol. The molecule has 0 amide bonds. The molecule has 10 rings (SSSR count). The van der Waals surface area contributed by atoms with Crippen molar-refractivity contribution in [1.82, 2.24) is 0 Å². The molecule has 50 heavy (non-hydrogen) atoms. The molecule has 0 unspecified atom stereocenters. The first-order valence-corrected chi connectivity index (χ1v) is 17.9. The third kappa shape index (κ3) is 4.69. The van der Waals surface area contributed by atoms with Gasteiger partial charge in [0.1, 0.15) is 0 Å². The zero-order valence-corrected chi connectivity index (χ0v) is 28.1. The van der Waals surface area contributed by atoms with E-state index in [9.17, 15) is 0 Å². The molecule has 9 aromatic carbocycles. The van der Waals surface area contributed by atoms with E-state index in [0.717, 1.165) is 17.1 Å². The lowest BCUT2D eigenvalue weighted by Crippen LogP contribution is -2.09. The van der Waals surface area contributed by atoms with Gasteiger partial charge in [-0.05, 0) is 103 Å². The fourth-order valence-corrected chi connectivity index (χ4v) is 8.93. The normalized spacial score (nSPS) is 11.6. The highest BCUT2D eigenvalue weighted by molar-refractivity contribution is 7.26. The fraction of sp³-hybridized carbons (Fsp3) is 0. The molecule has 0 atom stereocenters. The number of anilines is 3. The van der Waals surface area contributed by atoms with Crippen LogP contribution in [-0.2, 0) is 0 Å².